The molecule has 0 saturated carbocycles. The quantitative estimate of drug-likeness (QED) is 0.886. The molecule has 90 valence electrons. The molecule has 4 nitrogen and oxygen atoms in total. The number of aromatic nitrogens is 3. The van der Waals surface area contributed by atoms with Crippen molar-refractivity contribution < 1.29 is 8.78 Å². The van der Waals surface area contributed by atoms with Crippen LogP contribution in [0.3, 0.4) is 0 Å². The molecule has 0 unspecified atom stereocenters. The van der Waals surface area contributed by atoms with E-state index >= 15 is 0 Å². The first kappa shape index (κ1) is 12.0. The van der Waals surface area contributed by atoms with Crippen LogP contribution in [0.25, 0.3) is 0 Å². The highest BCUT2D eigenvalue weighted by Crippen LogP contribution is 2.23. The third-order valence-electron chi connectivity index (χ3n) is 2.25. The van der Waals surface area contributed by atoms with Crippen molar-refractivity contribution in [3.05, 3.63) is 40.4 Å². The summed E-state index contributed by atoms with van der Waals surface area (Å²) in [6.45, 7) is 0.272. The summed E-state index contributed by atoms with van der Waals surface area (Å²) in [7, 11) is 1.72. The van der Waals surface area contributed by atoms with Crippen LogP contribution in [-0.4, -0.2) is 14.8 Å². The van der Waals surface area contributed by atoms with Gasteiger partial charge in [0, 0.05) is 13.1 Å². The summed E-state index contributed by atoms with van der Waals surface area (Å²) >= 11 is 2.91. The number of nitrogens with zero attached hydrogens (tertiary/aromatic N) is 3. The van der Waals surface area contributed by atoms with Gasteiger partial charge in [0.1, 0.15) is 23.8 Å². The van der Waals surface area contributed by atoms with Crippen LogP contribution in [0, 0.1) is 11.6 Å². The molecule has 1 heterocycles. The Morgan fingerprint density at radius 3 is 2.76 bits per heavy atom. The molecule has 0 bridgehead atoms. The maximum absolute atomic E-state index is 13.5. The average molecular weight is 303 g/mol. The predicted molar refractivity (Wildman–Crippen MR) is 62.4 cm³/mol. The van der Waals surface area contributed by atoms with Crippen molar-refractivity contribution in [1.82, 2.24) is 14.8 Å². The smallest absolute Gasteiger partial charge is 0.147 e. The topological polar surface area (TPSA) is 42.7 Å². The number of nitrogens with one attached hydrogen (secondary N) is 1. The van der Waals surface area contributed by atoms with Crippen molar-refractivity contribution in [2.75, 3.05) is 5.32 Å². The zero-order chi connectivity index (χ0) is 12.4. The first-order chi connectivity index (χ1) is 8.08. The summed E-state index contributed by atoms with van der Waals surface area (Å²) in [4.78, 5) is 3.96. The standard InChI is InChI=1S/C10H9BrF2N4/c1-17-10(15-5-16-17)4-14-9-3-7(12)6(11)2-8(9)13/h2-3,5,14H,4H2,1H3. The van der Waals surface area contributed by atoms with Crippen molar-refractivity contribution in [1.29, 1.82) is 0 Å². The minimum absolute atomic E-state index is 0.0914. The van der Waals surface area contributed by atoms with Gasteiger partial charge < -0.3 is 5.32 Å². The lowest BCUT2D eigenvalue weighted by atomic mass is 10.3. The van der Waals surface area contributed by atoms with Crippen LogP contribution in [0.1, 0.15) is 5.82 Å². The molecule has 0 amide bonds. The van der Waals surface area contributed by atoms with E-state index in [1.165, 1.54) is 6.33 Å². The zero-order valence-corrected chi connectivity index (χ0v) is 10.5. The average Bonchev–Trinajstić information content (AvgIpc) is 2.68. The molecule has 0 atom stereocenters. The molecule has 1 N–H and O–H groups in total. The molecule has 0 aliphatic heterocycles. The summed E-state index contributed by atoms with van der Waals surface area (Å²) < 4.78 is 28.3. The van der Waals surface area contributed by atoms with Crippen LogP contribution in [0.2, 0.25) is 0 Å². The lowest BCUT2D eigenvalue weighted by Crippen LogP contribution is -2.08. The molecular formula is C10H9BrF2N4. The minimum Gasteiger partial charge on any atom is -0.375 e. The highest BCUT2D eigenvalue weighted by atomic mass is 79.9. The van der Waals surface area contributed by atoms with Gasteiger partial charge in [0.2, 0.25) is 0 Å². The fourth-order valence-corrected chi connectivity index (χ4v) is 1.63. The molecular weight excluding hydrogens is 294 g/mol. The molecule has 0 fully saturated rings. The number of rotatable bonds is 3. The number of hydrogen-bond donors (Lipinski definition) is 1. The van der Waals surface area contributed by atoms with E-state index in [0.717, 1.165) is 12.1 Å². The summed E-state index contributed by atoms with van der Waals surface area (Å²) in [5, 5.41) is 6.64. The predicted octanol–water partition coefficient (Wildman–Crippen LogP) is 2.47. The summed E-state index contributed by atoms with van der Waals surface area (Å²) in [6, 6.07) is 2.17. The summed E-state index contributed by atoms with van der Waals surface area (Å²) in [5.41, 5.74) is 0.0914. The number of hydrogen-bond acceptors (Lipinski definition) is 3. The van der Waals surface area contributed by atoms with E-state index in [2.05, 4.69) is 31.3 Å². The Kier molecular flexibility index (Phi) is 3.37. The maximum Gasteiger partial charge on any atom is 0.147 e. The lowest BCUT2D eigenvalue weighted by molar-refractivity contribution is 0.596. The second kappa shape index (κ2) is 4.79. The molecule has 0 spiro atoms. The van der Waals surface area contributed by atoms with Gasteiger partial charge in [0.05, 0.1) is 16.7 Å². The second-order valence-corrected chi connectivity index (χ2v) is 4.25. The van der Waals surface area contributed by atoms with Gasteiger partial charge in [-0.25, -0.2) is 13.8 Å². The Bertz CT molecular complexity index is 541. The monoisotopic (exact) mass is 302 g/mol. The molecule has 0 radical (unpaired) electrons. The fraction of sp³-hybridized carbons (Fsp3) is 0.200. The molecule has 17 heavy (non-hydrogen) atoms. The van der Waals surface area contributed by atoms with Gasteiger partial charge in [-0.2, -0.15) is 5.10 Å². The van der Waals surface area contributed by atoms with Gasteiger partial charge in [0.25, 0.3) is 0 Å². The van der Waals surface area contributed by atoms with Crippen molar-refractivity contribution in [2.24, 2.45) is 7.05 Å². The van der Waals surface area contributed by atoms with E-state index in [9.17, 15) is 8.78 Å². The molecule has 2 rings (SSSR count). The van der Waals surface area contributed by atoms with Crippen molar-refractivity contribution >= 4 is 21.6 Å². The zero-order valence-electron chi connectivity index (χ0n) is 8.91. The van der Waals surface area contributed by atoms with E-state index in [1.807, 2.05) is 0 Å². The lowest BCUT2D eigenvalue weighted by Gasteiger charge is -2.07. The van der Waals surface area contributed by atoms with E-state index in [-0.39, 0.29) is 16.7 Å². The highest BCUT2D eigenvalue weighted by molar-refractivity contribution is 9.10. The van der Waals surface area contributed by atoms with Gasteiger partial charge in [-0.05, 0) is 22.0 Å². The number of benzene rings is 1. The second-order valence-electron chi connectivity index (χ2n) is 3.40. The van der Waals surface area contributed by atoms with Crippen LogP contribution in [0.5, 0.6) is 0 Å². The number of halogens is 3. The Hall–Kier alpha value is -1.50. The fourth-order valence-electron chi connectivity index (χ4n) is 1.31. The molecule has 2 aromatic rings. The van der Waals surface area contributed by atoms with Crippen molar-refractivity contribution in [2.45, 2.75) is 6.54 Å². The maximum atomic E-state index is 13.5. The van der Waals surface area contributed by atoms with Crippen LogP contribution < -0.4 is 5.32 Å². The Balaban J connectivity index is 2.14. The summed E-state index contributed by atoms with van der Waals surface area (Å²) in [5.74, 6) is -0.417. The van der Waals surface area contributed by atoms with E-state index in [1.54, 1.807) is 11.7 Å². The van der Waals surface area contributed by atoms with Crippen LogP contribution in [0.4, 0.5) is 14.5 Å². The largest absolute Gasteiger partial charge is 0.375 e. The van der Waals surface area contributed by atoms with Crippen molar-refractivity contribution in [3.63, 3.8) is 0 Å². The molecule has 0 aliphatic rings. The van der Waals surface area contributed by atoms with Crippen molar-refractivity contribution in [3.8, 4) is 0 Å². The Morgan fingerprint density at radius 2 is 2.12 bits per heavy atom. The van der Waals surface area contributed by atoms with Gasteiger partial charge in [-0.3, -0.25) is 4.68 Å². The highest BCUT2D eigenvalue weighted by Gasteiger charge is 2.09. The Morgan fingerprint density at radius 1 is 1.35 bits per heavy atom. The van der Waals surface area contributed by atoms with Gasteiger partial charge in [-0.15, -0.1) is 0 Å². The molecule has 7 heteroatoms. The molecule has 1 aromatic carbocycles. The first-order valence-corrected chi connectivity index (χ1v) is 5.58. The first-order valence-electron chi connectivity index (χ1n) is 4.79. The van der Waals surface area contributed by atoms with E-state index in [0.29, 0.717) is 5.82 Å². The summed E-state index contributed by atoms with van der Waals surface area (Å²) in [6.07, 6.45) is 1.40. The van der Waals surface area contributed by atoms with Gasteiger partial charge in [-0.1, -0.05) is 0 Å². The van der Waals surface area contributed by atoms with E-state index in [4.69, 9.17) is 0 Å². The van der Waals surface area contributed by atoms with Gasteiger partial charge >= 0.3 is 0 Å². The molecule has 0 saturated heterocycles. The van der Waals surface area contributed by atoms with E-state index < -0.39 is 11.6 Å². The molecule has 1 aromatic heterocycles. The van der Waals surface area contributed by atoms with Gasteiger partial charge in [0.15, 0.2) is 0 Å². The van der Waals surface area contributed by atoms with Crippen LogP contribution >= 0.6 is 15.9 Å². The van der Waals surface area contributed by atoms with Crippen LogP contribution in [-0.2, 0) is 13.6 Å². The third-order valence-corrected chi connectivity index (χ3v) is 2.86. The number of aryl methyl sites for hydroxylation is 1. The Labute approximate surface area is 105 Å². The van der Waals surface area contributed by atoms with Crippen LogP contribution in [0.15, 0.2) is 22.9 Å². The minimum atomic E-state index is -0.527. The SMILES string of the molecule is Cn1ncnc1CNc1cc(F)c(Br)cc1F. The molecule has 0 aliphatic carbocycles. The third kappa shape index (κ3) is 2.60. The normalized spacial score (nSPS) is 10.6. The number of anilines is 1.